The molecule has 3 nitrogen and oxygen atoms in total. The minimum Gasteiger partial charge on any atom is -0.369 e. The van der Waals surface area contributed by atoms with Crippen LogP contribution in [0.4, 0.5) is 5.95 Å². The Morgan fingerprint density at radius 3 is 2.81 bits per heavy atom. The van der Waals surface area contributed by atoms with E-state index in [1.807, 2.05) is 19.1 Å². The number of nitrogens with one attached hydrogen (secondary N) is 1. The molecule has 0 aliphatic heterocycles. The quantitative estimate of drug-likeness (QED) is 0.908. The van der Waals surface area contributed by atoms with E-state index in [0.717, 1.165) is 28.7 Å². The first-order valence-electron chi connectivity index (χ1n) is 5.20. The third-order valence-electron chi connectivity index (χ3n) is 2.54. The SMILES string of the molecule is Cc1[nH]c(N)nc1CCc1cccc(Br)c1. The number of aryl methyl sites for hydroxylation is 3. The summed E-state index contributed by atoms with van der Waals surface area (Å²) in [7, 11) is 0. The van der Waals surface area contributed by atoms with Gasteiger partial charge in [-0.1, -0.05) is 28.1 Å². The lowest BCUT2D eigenvalue weighted by Gasteiger charge is -2.01. The zero-order valence-electron chi connectivity index (χ0n) is 9.13. The van der Waals surface area contributed by atoms with Gasteiger partial charge in [-0.3, -0.25) is 0 Å². The Morgan fingerprint density at radius 1 is 1.38 bits per heavy atom. The summed E-state index contributed by atoms with van der Waals surface area (Å²) in [4.78, 5) is 7.27. The van der Waals surface area contributed by atoms with E-state index in [9.17, 15) is 0 Å². The molecule has 0 radical (unpaired) electrons. The molecule has 84 valence electrons. The number of halogens is 1. The molecule has 4 heteroatoms. The van der Waals surface area contributed by atoms with Crippen molar-refractivity contribution in [2.24, 2.45) is 0 Å². The monoisotopic (exact) mass is 279 g/mol. The summed E-state index contributed by atoms with van der Waals surface area (Å²) in [5.74, 6) is 0.502. The number of rotatable bonds is 3. The van der Waals surface area contributed by atoms with Crippen LogP contribution in [0.5, 0.6) is 0 Å². The number of nitrogen functional groups attached to an aromatic ring is 1. The summed E-state index contributed by atoms with van der Waals surface area (Å²) in [5, 5.41) is 0. The van der Waals surface area contributed by atoms with Gasteiger partial charge in [-0.05, 0) is 37.5 Å². The van der Waals surface area contributed by atoms with E-state index >= 15 is 0 Å². The maximum Gasteiger partial charge on any atom is 0.197 e. The fourth-order valence-electron chi connectivity index (χ4n) is 1.72. The third-order valence-corrected chi connectivity index (χ3v) is 3.04. The highest BCUT2D eigenvalue weighted by molar-refractivity contribution is 9.10. The van der Waals surface area contributed by atoms with Crippen molar-refractivity contribution in [2.45, 2.75) is 19.8 Å². The van der Waals surface area contributed by atoms with Crippen LogP contribution in [-0.4, -0.2) is 9.97 Å². The van der Waals surface area contributed by atoms with Crippen LogP contribution in [0.1, 0.15) is 17.0 Å². The maximum absolute atomic E-state index is 5.60. The van der Waals surface area contributed by atoms with E-state index in [4.69, 9.17) is 5.73 Å². The third kappa shape index (κ3) is 2.64. The topological polar surface area (TPSA) is 54.7 Å². The lowest BCUT2D eigenvalue weighted by Crippen LogP contribution is -1.94. The second kappa shape index (κ2) is 4.70. The van der Waals surface area contributed by atoms with Crippen LogP contribution in [0.15, 0.2) is 28.7 Å². The Bertz CT molecular complexity index is 491. The van der Waals surface area contributed by atoms with Gasteiger partial charge in [0.1, 0.15) is 0 Å². The molecule has 1 heterocycles. The van der Waals surface area contributed by atoms with Crippen LogP contribution in [0, 0.1) is 6.92 Å². The van der Waals surface area contributed by atoms with Gasteiger partial charge in [-0.25, -0.2) is 4.98 Å². The lowest BCUT2D eigenvalue weighted by atomic mass is 10.1. The first-order chi connectivity index (χ1) is 7.65. The molecule has 0 spiro atoms. The second-order valence-corrected chi connectivity index (χ2v) is 4.74. The smallest absolute Gasteiger partial charge is 0.197 e. The molecule has 0 unspecified atom stereocenters. The van der Waals surface area contributed by atoms with Crippen LogP contribution >= 0.6 is 15.9 Å². The average Bonchev–Trinajstić information content (AvgIpc) is 2.54. The van der Waals surface area contributed by atoms with Crippen molar-refractivity contribution in [3.05, 3.63) is 45.7 Å². The largest absolute Gasteiger partial charge is 0.369 e. The van der Waals surface area contributed by atoms with Gasteiger partial charge in [-0.15, -0.1) is 0 Å². The number of imidazole rings is 1. The predicted molar refractivity (Wildman–Crippen MR) is 69.3 cm³/mol. The van der Waals surface area contributed by atoms with Gasteiger partial charge in [0.2, 0.25) is 0 Å². The van der Waals surface area contributed by atoms with Crippen LogP contribution in [0.3, 0.4) is 0 Å². The zero-order valence-corrected chi connectivity index (χ0v) is 10.7. The number of hydrogen-bond acceptors (Lipinski definition) is 2. The summed E-state index contributed by atoms with van der Waals surface area (Å²) in [6.07, 6.45) is 1.89. The van der Waals surface area contributed by atoms with E-state index < -0.39 is 0 Å². The van der Waals surface area contributed by atoms with E-state index in [2.05, 4.69) is 38.0 Å². The standard InChI is InChI=1S/C12H14BrN3/c1-8-11(16-12(14)15-8)6-5-9-3-2-4-10(13)7-9/h2-4,7H,5-6H2,1H3,(H3,14,15,16). The lowest BCUT2D eigenvalue weighted by molar-refractivity contribution is 0.914. The molecular formula is C12H14BrN3. The molecule has 3 N–H and O–H groups in total. The van der Waals surface area contributed by atoms with Gasteiger partial charge >= 0.3 is 0 Å². The summed E-state index contributed by atoms with van der Waals surface area (Å²) in [6.45, 7) is 2.00. The molecular weight excluding hydrogens is 266 g/mol. The van der Waals surface area contributed by atoms with E-state index in [1.54, 1.807) is 0 Å². The molecule has 0 atom stereocenters. The molecule has 1 aromatic carbocycles. The Kier molecular flexibility index (Phi) is 3.29. The Labute approximate surface area is 103 Å². The summed E-state index contributed by atoms with van der Waals surface area (Å²) >= 11 is 3.47. The number of H-pyrrole nitrogens is 1. The predicted octanol–water partition coefficient (Wildman–Crippen LogP) is 2.85. The van der Waals surface area contributed by atoms with Crippen LogP contribution in [0.2, 0.25) is 0 Å². The highest BCUT2D eigenvalue weighted by atomic mass is 79.9. The molecule has 0 saturated carbocycles. The summed E-state index contributed by atoms with van der Waals surface area (Å²) in [5.41, 5.74) is 9.02. The van der Waals surface area contributed by atoms with Crippen molar-refractivity contribution < 1.29 is 0 Å². The Morgan fingerprint density at radius 2 is 2.19 bits per heavy atom. The Hall–Kier alpha value is -1.29. The van der Waals surface area contributed by atoms with Gasteiger partial charge in [-0.2, -0.15) is 0 Å². The van der Waals surface area contributed by atoms with Crippen molar-refractivity contribution >= 4 is 21.9 Å². The summed E-state index contributed by atoms with van der Waals surface area (Å²) < 4.78 is 1.11. The highest BCUT2D eigenvalue weighted by Gasteiger charge is 2.04. The molecule has 2 rings (SSSR count). The normalized spacial score (nSPS) is 10.6. The molecule has 0 fully saturated rings. The second-order valence-electron chi connectivity index (χ2n) is 3.82. The van der Waals surface area contributed by atoms with Gasteiger partial charge in [0.15, 0.2) is 5.95 Å². The van der Waals surface area contributed by atoms with Crippen molar-refractivity contribution in [1.82, 2.24) is 9.97 Å². The fraction of sp³-hybridized carbons (Fsp3) is 0.250. The molecule has 0 aliphatic carbocycles. The van der Waals surface area contributed by atoms with E-state index in [0.29, 0.717) is 5.95 Å². The molecule has 0 amide bonds. The van der Waals surface area contributed by atoms with Crippen LogP contribution in [0.25, 0.3) is 0 Å². The van der Waals surface area contributed by atoms with Crippen molar-refractivity contribution in [3.63, 3.8) is 0 Å². The van der Waals surface area contributed by atoms with Crippen molar-refractivity contribution in [1.29, 1.82) is 0 Å². The van der Waals surface area contributed by atoms with Crippen LogP contribution < -0.4 is 5.73 Å². The van der Waals surface area contributed by atoms with E-state index in [-0.39, 0.29) is 0 Å². The Balaban J connectivity index is 2.05. The number of hydrogen-bond donors (Lipinski definition) is 2. The minimum atomic E-state index is 0.502. The van der Waals surface area contributed by atoms with Gasteiger partial charge in [0, 0.05) is 10.2 Å². The first kappa shape index (κ1) is 11.2. The number of benzene rings is 1. The molecule has 0 aliphatic rings. The molecule has 0 bridgehead atoms. The number of aromatic amines is 1. The van der Waals surface area contributed by atoms with Crippen molar-refractivity contribution in [2.75, 3.05) is 5.73 Å². The van der Waals surface area contributed by atoms with E-state index in [1.165, 1.54) is 5.56 Å². The molecule has 16 heavy (non-hydrogen) atoms. The van der Waals surface area contributed by atoms with Gasteiger partial charge in [0.05, 0.1) is 5.69 Å². The molecule has 1 aromatic heterocycles. The molecule has 0 saturated heterocycles. The van der Waals surface area contributed by atoms with Crippen molar-refractivity contribution in [3.8, 4) is 0 Å². The first-order valence-corrected chi connectivity index (χ1v) is 6.00. The zero-order chi connectivity index (χ0) is 11.5. The minimum absolute atomic E-state index is 0.502. The van der Waals surface area contributed by atoms with Gasteiger partial charge < -0.3 is 10.7 Å². The highest BCUT2D eigenvalue weighted by Crippen LogP contribution is 2.15. The number of nitrogens with zero attached hydrogens (tertiary/aromatic N) is 1. The average molecular weight is 280 g/mol. The molecule has 2 aromatic rings. The number of nitrogens with two attached hydrogens (primary N) is 1. The maximum atomic E-state index is 5.60. The summed E-state index contributed by atoms with van der Waals surface area (Å²) in [6, 6.07) is 8.33. The fourth-order valence-corrected chi connectivity index (χ4v) is 2.17. The van der Waals surface area contributed by atoms with Gasteiger partial charge in [0.25, 0.3) is 0 Å². The van der Waals surface area contributed by atoms with Crippen LogP contribution in [-0.2, 0) is 12.8 Å². The number of anilines is 1. The number of aromatic nitrogens is 2.